The summed E-state index contributed by atoms with van der Waals surface area (Å²) >= 11 is 1.27. The van der Waals surface area contributed by atoms with Crippen LogP contribution in [0.15, 0.2) is 0 Å². The molecular formula is C20H30N2O7S. The highest BCUT2D eigenvalue weighted by molar-refractivity contribution is 7.16. The predicted octanol–water partition coefficient (Wildman–Crippen LogP) is 3.19. The molecule has 0 aliphatic rings. The highest BCUT2D eigenvalue weighted by Gasteiger charge is 2.23. The predicted molar refractivity (Wildman–Crippen MR) is 113 cm³/mol. The van der Waals surface area contributed by atoms with E-state index >= 15 is 0 Å². The summed E-state index contributed by atoms with van der Waals surface area (Å²) in [4.78, 5) is 48.6. The van der Waals surface area contributed by atoms with Crippen LogP contribution in [0.5, 0.6) is 0 Å². The molecule has 1 rings (SSSR count). The standard InChI is InChI=1S/C20H30N2O7S/c1-7-13-12(3)30-17(16(13)18(25)27-8-2)22-14(23)11-28-15(24)9-10-21-19(26)29-20(4,5)6/h7-11H2,1-6H3,(H,21,26)(H,22,23). The Bertz CT molecular complexity index is 781. The molecule has 168 valence electrons. The molecule has 0 aliphatic heterocycles. The van der Waals surface area contributed by atoms with Gasteiger partial charge in [0.1, 0.15) is 10.6 Å². The Morgan fingerprint density at radius 1 is 1.07 bits per heavy atom. The molecule has 0 saturated carbocycles. The lowest BCUT2D eigenvalue weighted by molar-refractivity contribution is -0.147. The average molecular weight is 443 g/mol. The molecule has 0 aliphatic carbocycles. The van der Waals surface area contributed by atoms with E-state index in [9.17, 15) is 19.2 Å². The first-order valence-electron chi connectivity index (χ1n) is 9.70. The summed E-state index contributed by atoms with van der Waals surface area (Å²) in [5.74, 6) is -1.72. The SMILES string of the molecule is CCOC(=O)c1c(NC(=O)COC(=O)CCNC(=O)OC(C)(C)C)sc(C)c1CC. The number of thiophene rings is 1. The number of anilines is 1. The smallest absolute Gasteiger partial charge is 0.407 e. The van der Waals surface area contributed by atoms with Gasteiger partial charge in [-0.25, -0.2) is 9.59 Å². The molecule has 0 aromatic carbocycles. The van der Waals surface area contributed by atoms with Gasteiger partial charge in [-0.3, -0.25) is 9.59 Å². The van der Waals surface area contributed by atoms with Crippen molar-refractivity contribution >= 4 is 40.3 Å². The molecule has 0 atom stereocenters. The zero-order valence-corrected chi connectivity index (χ0v) is 19.1. The Morgan fingerprint density at radius 2 is 1.73 bits per heavy atom. The lowest BCUT2D eigenvalue weighted by Crippen LogP contribution is -2.34. The Hall–Kier alpha value is -2.62. The number of alkyl carbamates (subject to hydrolysis) is 1. The molecule has 2 amide bonds. The molecule has 9 nitrogen and oxygen atoms in total. The molecule has 0 bridgehead atoms. The van der Waals surface area contributed by atoms with Gasteiger partial charge in [0.15, 0.2) is 6.61 Å². The van der Waals surface area contributed by atoms with Crippen molar-refractivity contribution in [2.75, 3.05) is 25.1 Å². The van der Waals surface area contributed by atoms with Crippen molar-refractivity contribution in [3.05, 3.63) is 16.0 Å². The van der Waals surface area contributed by atoms with Crippen molar-refractivity contribution in [2.24, 2.45) is 0 Å². The summed E-state index contributed by atoms with van der Waals surface area (Å²) in [5, 5.41) is 5.42. The van der Waals surface area contributed by atoms with E-state index in [0.717, 1.165) is 10.4 Å². The van der Waals surface area contributed by atoms with Gasteiger partial charge in [0.2, 0.25) is 0 Å². The van der Waals surface area contributed by atoms with Crippen molar-refractivity contribution < 1.29 is 33.4 Å². The molecule has 1 heterocycles. The van der Waals surface area contributed by atoms with Crippen LogP contribution in [0, 0.1) is 6.92 Å². The van der Waals surface area contributed by atoms with Gasteiger partial charge in [-0.05, 0) is 46.6 Å². The third-order valence-corrected chi connectivity index (χ3v) is 4.72. The van der Waals surface area contributed by atoms with Gasteiger partial charge in [-0.1, -0.05) is 6.92 Å². The van der Waals surface area contributed by atoms with E-state index in [1.165, 1.54) is 11.3 Å². The second-order valence-electron chi connectivity index (χ2n) is 7.30. The zero-order valence-electron chi connectivity index (χ0n) is 18.3. The number of carbonyl (C=O) groups is 4. The fraction of sp³-hybridized carbons (Fsp3) is 0.600. The summed E-state index contributed by atoms with van der Waals surface area (Å²) in [6.07, 6.45) is -0.135. The quantitative estimate of drug-likeness (QED) is 0.445. The van der Waals surface area contributed by atoms with Crippen LogP contribution in [0.2, 0.25) is 0 Å². The van der Waals surface area contributed by atoms with Crippen LogP contribution in [0.1, 0.15) is 61.8 Å². The minimum absolute atomic E-state index is 0.0202. The van der Waals surface area contributed by atoms with Crippen LogP contribution in [0.3, 0.4) is 0 Å². The van der Waals surface area contributed by atoms with Gasteiger partial charge in [-0.2, -0.15) is 0 Å². The fourth-order valence-corrected chi connectivity index (χ4v) is 3.62. The number of rotatable bonds is 9. The first-order chi connectivity index (χ1) is 14.0. The van der Waals surface area contributed by atoms with Crippen molar-refractivity contribution in [3.63, 3.8) is 0 Å². The molecular weight excluding hydrogens is 412 g/mol. The summed E-state index contributed by atoms with van der Waals surface area (Å²) in [5.41, 5.74) is 0.519. The Kier molecular flexibility index (Phi) is 9.77. The average Bonchev–Trinajstić information content (AvgIpc) is 2.93. The molecule has 30 heavy (non-hydrogen) atoms. The van der Waals surface area contributed by atoms with E-state index in [0.29, 0.717) is 17.0 Å². The van der Waals surface area contributed by atoms with Crippen molar-refractivity contribution in [3.8, 4) is 0 Å². The molecule has 0 saturated heterocycles. The van der Waals surface area contributed by atoms with Crippen LogP contribution in [-0.4, -0.2) is 49.3 Å². The van der Waals surface area contributed by atoms with Gasteiger partial charge in [-0.15, -0.1) is 11.3 Å². The van der Waals surface area contributed by atoms with Crippen molar-refractivity contribution in [2.45, 2.75) is 60.0 Å². The molecule has 0 spiro atoms. The lowest BCUT2D eigenvalue weighted by atomic mass is 10.1. The van der Waals surface area contributed by atoms with Gasteiger partial charge >= 0.3 is 18.0 Å². The largest absolute Gasteiger partial charge is 0.462 e. The normalized spacial score (nSPS) is 10.9. The van der Waals surface area contributed by atoms with Crippen LogP contribution in [0.4, 0.5) is 9.80 Å². The summed E-state index contributed by atoms with van der Waals surface area (Å²) in [6, 6.07) is 0. The molecule has 2 N–H and O–H groups in total. The molecule has 1 aromatic heterocycles. The Balaban J connectivity index is 2.54. The number of ether oxygens (including phenoxy) is 3. The monoisotopic (exact) mass is 442 g/mol. The number of nitrogens with one attached hydrogen (secondary N) is 2. The van der Waals surface area contributed by atoms with Crippen molar-refractivity contribution in [1.29, 1.82) is 0 Å². The first-order valence-corrected chi connectivity index (χ1v) is 10.5. The van der Waals surface area contributed by atoms with E-state index in [1.807, 2.05) is 13.8 Å². The lowest BCUT2D eigenvalue weighted by Gasteiger charge is -2.19. The molecule has 0 unspecified atom stereocenters. The minimum atomic E-state index is -0.650. The maximum Gasteiger partial charge on any atom is 0.407 e. The van der Waals surface area contributed by atoms with Crippen LogP contribution >= 0.6 is 11.3 Å². The number of amides is 2. The summed E-state index contributed by atoms with van der Waals surface area (Å²) in [6.45, 7) is 10.4. The highest BCUT2D eigenvalue weighted by atomic mass is 32.1. The maximum atomic E-state index is 12.3. The summed E-state index contributed by atoms with van der Waals surface area (Å²) in [7, 11) is 0. The number of hydrogen-bond acceptors (Lipinski definition) is 8. The number of carbonyl (C=O) groups excluding carboxylic acids is 4. The second-order valence-corrected chi connectivity index (χ2v) is 8.53. The zero-order chi connectivity index (χ0) is 22.9. The van der Waals surface area contributed by atoms with E-state index < -0.39 is 36.1 Å². The minimum Gasteiger partial charge on any atom is -0.462 e. The van der Waals surface area contributed by atoms with E-state index in [-0.39, 0.29) is 19.6 Å². The third-order valence-electron chi connectivity index (χ3n) is 3.66. The second kappa shape index (κ2) is 11.5. The number of aryl methyl sites for hydroxylation is 1. The topological polar surface area (TPSA) is 120 Å². The molecule has 0 fully saturated rings. The Labute approximate surface area is 180 Å². The van der Waals surface area contributed by atoms with Gasteiger partial charge in [0.05, 0.1) is 18.6 Å². The van der Waals surface area contributed by atoms with Crippen LogP contribution in [-0.2, 0) is 30.2 Å². The number of hydrogen-bond donors (Lipinski definition) is 2. The van der Waals surface area contributed by atoms with E-state index in [1.54, 1.807) is 27.7 Å². The third kappa shape index (κ3) is 8.40. The molecule has 10 heteroatoms. The first kappa shape index (κ1) is 25.4. The maximum absolute atomic E-state index is 12.3. The Morgan fingerprint density at radius 3 is 2.30 bits per heavy atom. The molecule has 1 aromatic rings. The van der Waals surface area contributed by atoms with Crippen LogP contribution in [0.25, 0.3) is 0 Å². The molecule has 0 radical (unpaired) electrons. The van der Waals surface area contributed by atoms with Gasteiger partial charge < -0.3 is 24.8 Å². The van der Waals surface area contributed by atoms with E-state index in [4.69, 9.17) is 14.2 Å². The van der Waals surface area contributed by atoms with E-state index in [2.05, 4.69) is 10.6 Å². The van der Waals surface area contributed by atoms with Gasteiger partial charge in [0, 0.05) is 11.4 Å². The number of esters is 2. The van der Waals surface area contributed by atoms with Gasteiger partial charge in [0.25, 0.3) is 5.91 Å². The summed E-state index contributed by atoms with van der Waals surface area (Å²) < 4.78 is 15.0. The van der Waals surface area contributed by atoms with Crippen molar-refractivity contribution in [1.82, 2.24) is 5.32 Å². The fourth-order valence-electron chi connectivity index (χ4n) is 2.47. The van der Waals surface area contributed by atoms with Crippen LogP contribution < -0.4 is 10.6 Å². The highest BCUT2D eigenvalue weighted by Crippen LogP contribution is 2.34.